The molecule has 1 aliphatic carbocycles. The second-order valence-electron chi connectivity index (χ2n) is 26.2. The lowest BCUT2D eigenvalue weighted by Gasteiger charge is -2.27. The summed E-state index contributed by atoms with van der Waals surface area (Å²) in [5, 5.41) is 41.7. The second kappa shape index (κ2) is 39.7. The van der Waals surface area contributed by atoms with Crippen LogP contribution in [0.1, 0.15) is 137 Å². The Morgan fingerprint density at radius 2 is 0.915 bits per heavy atom. The van der Waals surface area contributed by atoms with Gasteiger partial charge < -0.3 is 116 Å². The highest BCUT2D eigenvalue weighted by Gasteiger charge is 2.42. The molecule has 0 aromatic heterocycles. The van der Waals surface area contributed by atoms with E-state index in [0.29, 0.717) is 34.8 Å². The average Bonchev–Trinajstić information content (AvgIpc) is 1.58. The Hall–Kier alpha value is -11.8. The van der Waals surface area contributed by atoms with Gasteiger partial charge in [-0.3, -0.25) is 58.7 Å². The van der Waals surface area contributed by atoms with Gasteiger partial charge in [-0.25, -0.2) is 19.8 Å². The smallest absolute Gasteiger partial charge is 0.326 e. The zero-order chi connectivity index (χ0) is 78.1. The first-order valence-corrected chi connectivity index (χ1v) is 35.3. The summed E-state index contributed by atoms with van der Waals surface area (Å²) in [7, 11) is 0. The van der Waals surface area contributed by atoms with E-state index in [4.69, 9.17) is 83.8 Å². The van der Waals surface area contributed by atoms with E-state index in [9.17, 15) is 43.8 Å². The van der Waals surface area contributed by atoms with Gasteiger partial charge in [0.1, 0.15) is 42.0 Å². The van der Waals surface area contributed by atoms with Crippen LogP contribution in [0, 0.1) is 11.8 Å². The van der Waals surface area contributed by atoms with Crippen molar-refractivity contribution in [1.29, 1.82) is 0 Å². The molecule has 0 aromatic carbocycles. The number of nitrogens with zero attached hydrogens (tertiary/aromatic N) is 9. The number of allylic oxidation sites excluding steroid dienone is 12. The van der Waals surface area contributed by atoms with Crippen LogP contribution in [0.25, 0.3) is 0 Å². The lowest BCUT2D eigenvalue weighted by molar-refractivity contribution is -0.142. The van der Waals surface area contributed by atoms with Gasteiger partial charge in [-0.15, -0.1) is 0 Å². The van der Waals surface area contributed by atoms with E-state index in [0.717, 1.165) is 56.2 Å². The first kappa shape index (κ1) is 83.1. The fourth-order valence-corrected chi connectivity index (χ4v) is 12.9. The Morgan fingerprint density at radius 1 is 0.538 bits per heavy atom. The molecule has 37 nitrogen and oxygen atoms in total. The van der Waals surface area contributed by atoms with Crippen LogP contribution in [0.4, 0.5) is 0 Å². The third-order valence-corrected chi connectivity index (χ3v) is 18.5. The molecule has 8 bridgehead atoms. The highest BCUT2D eigenvalue weighted by atomic mass is 16.4. The number of hydrogen-bond acceptors (Lipinski definition) is 18. The third kappa shape index (κ3) is 23.9. The van der Waals surface area contributed by atoms with Crippen LogP contribution in [0.5, 0.6) is 0 Å². The SMILES string of the molecule is C=CC1=C(C)C2=NC1=CC1=NC(=CC3=C(C)C4=C(O)CC(=C5NC(=C2)[C@@H](C)[C@@H]5CCC(=O)N[C@@H](CCCN=C(N)N)C(=O)N[C@@H](CCCN=C(N)N)C(=O)N[C@@H](CCCN=C(N)N)C(=O)N[C@@H](CCCN=C(N)N)C(=O)N[C@@H](CCCN=C(N)N)C(=O)N[C@@H](CCCN=C(N)N)C(=O)O)C4=N3)C(CC)=C1C. The number of aliphatic hydroxyl groups excluding tert-OH is 1. The number of aliphatic hydroxyl groups is 1. The van der Waals surface area contributed by atoms with Crippen LogP contribution in [-0.4, -0.2) is 180 Å². The second-order valence-corrected chi connectivity index (χ2v) is 26.2. The summed E-state index contributed by atoms with van der Waals surface area (Å²) in [5.41, 5.74) is 79.0. The van der Waals surface area contributed by atoms with Gasteiger partial charge in [0.2, 0.25) is 35.4 Å². The maximum absolute atomic E-state index is 14.9. The van der Waals surface area contributed by atoms with Gasteiger partial charge in [-0.1, -0.05) is 26.5 Å². The largest absolute Gasteiger partial charge is 0.511 e. The summed E-state index contributed by atoms with van der Waals surface area (Å²) < 4.78 is 0. The van der Waals surface area contributed by atoms with Gasteiger partial charge in [-0.2, -0.15) is 0 Å². The standard InChI is InChI=1S/C69H106N28O9/c1-7-37-33(3)47-30-49-35(5)39(56(91-49)40-29-53(98)55-36(6)50(92-57(40)55)32-52-38(8-2)34(4)48(89-52)31-51(37)88-47)21-22-54(99)90-41(15-9-23-82-64(70)71)58(100)93-42(16-10-24-83-65(72)73)59(101)94-43(17-11-25-84-66(74)75)60(102)95-44(18-12-26-85-67(76)77)61(103)96-45(19-13-27-86-68(78)79)62(104)97-46(63(105)106)20-14-28-87-69(80)81/h7,30-32,35,39,41-46,91,98H,1,8-29H2,2-6H3,(H,90,99)(H,93,100)(H,94,101)(H,95,102)(H,96,103)(H,97,104)(H,105,106)(H4,70,71,82)(H4,72,73,83)(H4,74,75,84)(H4,76,77,85)(H4,78,79,86)(H4,80,81,87)/t35-,39-,41-,42-,43-,44-,45-,46-/m0/s1. The van der Waals surface area contributed by atoms with Crippen molar-refractivity contribution in [3.05, 3.63) is 104 Å². The van der Waals surface area contributed by atoms with Crippen LogP contribution >= 0.6 is 0 Å². The molecular formula is C69H106N28O9. The number of hydrogen-bond donors (Lipinski definition) is 21. The van der Waals surface area contributed by atoms with Crippen molar-refractivity contribution in [2.75, 3.05) is 39.3 Å². The van der Waals surface area contributed by atoms with E-state index in [1.807, 2.05) is 45.9 Å². The van der Waals surface area contributed by atoms with Gasteiger partial charge in [0.25, 0.3) is 0 Å². The van der Waals surface area contributed by atoms with Gasteiger partial charge in [-0.05, 0) is 151 Å². The molecule has 106 heavy (non-hydrogen) atoms. The fourth-order valence-electron chi connectivity index (χ4n) is 12.9. The van der Waals surface area contributed by atoms with Gasteiger partial charge in [0.05, 0.1) is 34.2 Å². The summed E-state index contributed by atoms with van der Waals surface area (Å²) in [4.78, 5) is 140. The molecule has 576 valence electrons. The van der Waals surface area contributed by atoms with Crippen LogP contribution in [0.3, 0.4) is 0 Å². The molecule has 0 saturated carbocycles. The molecule has 0 spiro atoms. The number of carbonyl (C=O) groups excluding carboxylic acids is 6. The van der Waals surface area contributed by atoms with E-state index >= 15 is 0 Å². The first-order chi connectivity index (χ1) is 50.3. The van der Waals surface area contributed by atoms with Crippen molar-refractivity contribution in [3.8, 4) is 0 Å². The predicted octanol–water partition coefficient (Wildman–Crippen LogP) is -2.06. The van der Waals surface area contributed by atoms with E-state index in [1.54, 1.807) is 6.08 Å². The number of carbonyl (C=O) groups is 7. The highest BCUT2D eigenvalue weighted by Crippen LogP contribution is 2.46. The molecule has 0 aromatic rings. The Labute approximate surface area is 615 Å². The molecule has 1 saturated heterocycles. The number of rotatable bonds is 41. The molecule has 33 N–H and O–H groups in total. The molecule has 1 fully saturated rings. The summed E-state index contributed by atoms with van der Waals surface area (Å²) in [6.45, 7) is 14.3. The summed E-state index contributed by atoms with van der Waals surface area (Å²) in [5.74, 6) is -8.21. The Bertz CT molecular complexity index is 3930. The average molecular weight is 1470 g/mol. The lowest BCUT2D eigenvalue weighted by Crippen LogP contribution is -2.59. The minimum absolute atomic E-state index is 0.00217. The van der Waals surface area contributed by atoms with Crippen LogP contribution in [-0.2, 0) is 33.6 Å². The number of guanidine groups is 6. The number of fused-ring (bicyclic) bond motifs is 5. The van der Waals surface area contributed by atoms with Crippen LogP contribution < -0.4 is 106 Å². The summed E-state index contributed by atoms with van der Waals surface area (Å²) in [6, 6.07) is -8.59. The van der Waals surface area contributed by atoms with Gasteiger partial charge >= 0.3 is 5.97 Å². The van der Waals surface area contributed by atoms with Crippen molar-refractivity contribution < 1.29 is 43.8 Å². The van der Waals surface area contributed by atoms with E-state index in [2.05, 4.69) is 80.7 Å². The topological polar surface area (TPSA) is 668 Å². The first-order valence-electron chi connectivity index (χ1n) is 35.3. The van der Waals surface area contributed by atoms with Gasteiger partial charge in [0, 0.05) is 92.1 Å². The molecule has 5 aliphatic heterocycles. The molecule has 6 amide bonds. The lowest BCUT2D eigenvalue weighted by atomic mass is 9.86. The van der Waals surface area contributed by atoms with Crippen molar-refractivity contribution in [3.63, 3.8) is 0 Å². The number of carboxylic acid groups (broad SMARTS) is 1. The van der Waals surface area contributed by atoms with Crippen molar-refractivity contribution >= 4 is 94.3 Å². The number of aliphatic carboxylic acids is 1. The van der Waals surface area contributed by atoms with E-state index in [1.165, 1.54) is 0 Å². The molecule has 6 aliphatic rings. The normalized spacial score (nSPS) is 17.9. The number of nitrogens with one attached hydrogen (secondary N) is 7. The number of amides is 6. The number of nitrogens with two attached hydrogens (primary N) is 12. The molecule has 6 rings (SSSR count). The Balaban J connectivity index is 1.30. The van der Waals surface area contributed by atoms with E-state index in [-0.39, 0.29) is 189 Å². The molecule has 37 heteroatoms. The molecule has 5 heterocycles. The number of aliphatic imine (C=N–C) groups is 9. The summed E-state index contributed by atoms with van der Waals surface area (Å²) >= 11 is 0. The maximum atomic E-state index is 14.9. The van der Waals surface area contributed by atoms with Crippen molar-refractivity contribution in [1.82, 2.24) is 37.2 Å². The molecule has 0 unspecified atom stereocenters. The zero-order valence-electron chi connectivity index (χ0n) is 60.9. The van der Waals surface area contributed by atoms with Crippen LogP contribution in [0.15, 0.2) is 149 Å². The quantitative estimate of drug-likeness (QED) is 0.0178. The minimum atomic E-state index is -1.49. The molecule has 8 atom stereocenters. The fraction of sp³-hybridized carbons (Fsp3) is 0.507. The van der Waals surface area contributed by atoms with E-state index < -0.39 is 77.7 Å². The van der Waals surface area contributed by atoms with Crippen LogP contribution in [0.2, 0.25) is 0 Å². The van der Waals surface area contributed by atoms with Crippen molar-refractivity contribution in [2.45, 2.75) is 174 Å². The van der Waals surface area contributed by atoms with Crippen molar-refractivity contribution in [2.24, 2.45) is 126 Å². The van der Waals surface area contributed by atoms with Gasteiger partial charge in [0.15, 0.2) is 35.8 Å². The Kier molecular flexibility index (Phi) is 31.2. The monoisotopic (exact) mass is 1470 g/mol. The number of carboxylic acids is 1. The maximum Gasteiger partial charge on any atom is 0.326 e. The highest BCUT2D eigenvalue weighted by molar-refractivity contribution is 6.21. The summed E-state index contributed by atoms with van der Waals surface area (Å²) in [6.07, 6.45) is 8.73. The third-order valence-electron chi connectivity index (χ3n) is 18.5. The molecular weight excluding hydrogens is 1360 g/mol. The zero-order valence-corrected chi connectivity index (χ0v) is 60.9. The minimum Gasteiger partial charge on any atom is -0.511 e. The molecule has 0 radical (unpaired) electrons. The Morgan fingerprint density at radius 3 is 1.30 bits per heavy atom. The predicted molar refractivity (Wildman–Crippen MR) is 410 cm³/mol.